The van der Waals surface area contributed by atoms with Gasteiger partial charge in [-0.1, -0.05) is 90.4 Å². The number of hydrogen-bond donors (Lipinski definition) is 1. The van der Waals surface area contributed by atoms with Gasteiger partial charge in [-0.25, -0.2) is 4.68 Å². The molecule has 1 aromatic carbocycles. The van der Waals surface area contributed by atoms with Gasteiger partial charge in [-0.15, -0.1) is 0 Å². The summed E-state index contributed by atoms with van der Waals surface area (Å²) in [5, 5.41) is 7.55. The van der Waals surface area contributed by atoms with Crippen LogP contribution in [0.5, 0.6) is 0 Å². The molecule has 2 aromatic rings. The quantitative estimate of drug-likeness (QED) is 0.257. The van der Waals surface area contributed by atoms with Gasteiger partial charge in [-0.3, -0.25) is 4.79 Å². The minimum absolute atomic E-state index is 0.0135. The summed E-state index contributed by atoms with van der Waals surface area (Å²) in [6.45, 7) is 7.07. The Hall–Kier alpha value is -2.10. The highest BCUT2D eigenvalue weighted by atomic mass is 16.1. The summed E-state index contributed by atoms with van der Waals surface area (Å²) in [7, 11) is 0. The summed E-state index contributed by atoms with van der Waals surface area (Å²) in [6, 6.07) is 9.73. The molecule has 1 heterocycles. The summed E-state index contributed by atoms with van der Waals surface area (Å²) in [5.41, 5.74) is 3.79. The van der Waals surface area contributed by atoms with Crippen LogP contribution in [0.15, 0.2) is 30.3 Å². The minimum Gasteiger partial charge on any atom is -0.352 e. The lowest BCUT2D eigenvalue weighted by Gasteiger charge is -2.08. The second-order valence-electron chi connectivity index (χ2n) is 9.24. The molecule has 0 bridgehead atoms. The molecule has 1 amide bonds. The number of hydrogen-bond acceptors (Lipinski definition) is 2. The van der Waals surface area contributed by atoms with E-state index < -0.39 is 0 Å². The maximum absolute atomic E-state index is 12.4. The fourth-order valence-corrected chi connectivity index (χ4v) is 4.27. The molecule has 0 aliphatic heterocycles. The first-order valence-corrected chi connectivity index (χ1v) is 13.0. The van der Waals surface area contributed by atoms with E-state index in [1.807, 2.05) is 42.8 Å². The summed E-state index contributed by atoms with van der Waals surface area (Å²) in [6.07, 6.45) is 18.9. The lowest BCUT2D eigenvalue weighted by atomic mass is 10.0. The number of rotatable bonds is 17. The van der Waals surface area contributed by atoms with Crippen LogP contribution in [0.3, 0.4) is 0 Å². The molecule has 0 radical (unpaired) electrons. The third-order valence-electron chi connectivity index (χ3n) is 6.20. The Morgan fingerprint density at radius 2 is 1.28 bits per heavy atom. The first-order valence-electron chi connectivity index (χ1n) is 13.0. The summed E-state index contributed by atoms with van der Waals surface area (Å²) in [4.78, 5) is 12.4. The molecule has 1 aromatic heterocycles. The molecule has 0 spiro atoms. The third kappa shape index (κ3) is 10.0. The number of aryl methyl sites for hydroxylation is 2. The van der Waals surface area contributed by atoms with Crippen LogP contribution >= 0.6 is 0 Å². The van der Waals surface area contributed by atoms with Crippen molar-refractivity contribution >= 4 is 5.91 Å². The van der Waals surface area contributed by atoms with Crippen LogP contribution in [0.25, 0.3) is 5.69 Å². The highest BCUT2D eigenvalue weighted by Crippen LogP contribution is 2.14. The summed E-state index contributed by atoms with van der Waals surface area (Å²) in [5.74, 6) is 0.0135. The largest absolute Gasteiger partial charge is 0.352 e. The van der Waals surface area contributed by atoms with E-state index in [0.717, 1.165) is 30.0 Å². The van der Waals surface area contributed by atoms with Gasteiger partial charge in [0.1, 0.15) is 0 Å². The highest BCUT2D eigenvalue weighted by molar-refractivity contribution is 5.94. The number of benzene rings is 1. The number of aromatic nitrogens is 2. The van der Waals surface area contributed by atoms with Crippen LogP contribution in [-0.4, -0.2) is 22.2 Å². The number of carbonyl (C=O) groups excluding carboxylic acids is 1. The van der Waals surface area contributed by atoms with Crippen molar-refractivity contribution in [1.82, 2.24) is 15.1 Å². The second kappa shape index (κ2) is 15.7. The lowest BCUT2D eigenvalue weighted by molar-refractivity contribution is 0.0953. The molecule has 2 rings (SSSR count). The zero-order valence-electron chi connectivity index (χ0n) is 20.8. The third-order valence-corrected chi connectivity index (χ3v) is 6.20. The Balaban J connectivity index is 1.46. The summed E-state index contributed by atoms with van der Waals surface area (Å²) >= 11 is 0. The van der Waals surface area contributed by atoms with Gasteiger partial charge in [-0.05, 0) is 50.6 Å². The van der Waals surface area contributed by atoms with Gasteiger partial charge in [0.2, 0.25) is 0 Å². The molecule has 4 heteroatoms. The smallest absolute Gasteiger partial charge is 0.251 e. The first kappa shape index (κ1) is 26.2. The van der Waals surface area contributed by atoms with Gasteiger partial charge in [0.25, 0.3) is 5.91 Å². The highest BCUT2D eigenvalue weighted by Gasteiger charge is 2.07. The molecule has 0 saturated heterocycles. The van der Waals surface area contributed by atoms with Crippen molar-refractivity contribution in [2.75, 3.05) is 6.54 Å². The van der Waals surface area contributed by atoms with Gasteiger partial charge in [0, 0.05) is 17.8 Å². The predicted molar refractivity (Wildman–Crippen MR) is 136 cm³/mol. The van der Waals surface area contributed by atoms with Gasteiger partial charge in [0.15, 0.2) is 0 Å². The maximum Gasteiger partial charge on any atom is 0.251 e. The lowest BCUT2D eigenvalue weighted by Crippen LogP contribution is -2.24. The summed E-state index contributed by atoms with van der Waals surface area (Å²) < 4.78 is 1.91. The first-order chi connectivity index (χ1) is 15.6. The normalized spacial score (nSPS) is 11.1. The van der Waals surface area contributed by atoms with Crippen LogP contribution in [0.4, 0.5) is 0 Å². The molecule has 178 valence electrons. The Morgan fingerprint density at radius 3 is 1.75 bits per heavy atom. The van der Waals surface area contributed by atoms with Gasteiger partial charge >= 0.3 is 0 Å². The van der Waals surface area contributed by atoms with E-state index >= 15 is 0 Å². The number of amides is 1. The molecule has 0 unspecified atom stereocenters. The average Bonchev–Trinajstić information content (AvgIpc) is 3.14. The van der Waals surface area contributed by atoms with E-state index in [4.69, 9.17) is 0 Å². The number of nitrogens with one attached hydrogen (secondary N) is 1. The number of unbranched alkanes of at least 4 members (excludes halogenated alkanes) is 13. The fraction of sp³-hybridized carbons (Fsp3) is 0.643. The maximum atomic E-state index is 12.4. The van der Waals surface area contributed by atoms with Crippen molar-refractivity contribution < 1.29 is 4.79 Å². The Labute approximate surface area is 196 Å². The van der Waals surface area contributed by atoms with E-state index in [1.54, 1.807) is 0 Å². The van der Waals surface area contributed by atoms with Gasteiger partial charge in [-0.2, -0.15) is 5.10 Å². The zero-order valence-corrected chi connectivity index (χ0v) is 20.8. The van der Waals surface area contributed by atoms with Crippen molar-refractivity contribution in [3.05, 3.63) is 47.3 Å². The van der Waals surface area contributed by atoms with E-state index in [-0.39, 0.29) is 5.91 Å². The molecule has 0 saturated carbocycles. The van der Waals surface area contributed by atoms with Crippen molar-refractivity contribution in [3.8, 4) is 5.69 Å². The monoisotopic (exact) mass is 439 g/mol. The molecule has 32 heavy (non-hydrogen) atoms. The molecule has 0 aliphatic carbocycles. The fourth-order valence-electron chi connectivity index (χ4n) is 4.27. The topological polar surface area (TPSA) is 46.9 Å². The predicted octanol–water partition coefficient (Wildman–Crippen LogP) is 7.70. The van der Waals surface area contributed by atoms with Crippen LogP contribution in [0.1, 0.15) is 119 Å². The van der Waals surface area contributed by atoms with Crippen LogP contribution in [-0.2, 0) is 0 Å². The van der Waals surface area contributed by atoms with Gasteiger partial charge < -0.3 is 5.32 Å². The van der Waals surface area contributed by atoms with Crippen molar-refractivity contribution in [2.24, 2.45) is 0 Å². The molecular weight excluding hydrogens is 394 g/mol. The minimum atomic E-state index is 0.0135. The molecule has 4 nitrogen and oxygen atoms in total. The van der Waals surface area contributed by atoms with E-state index in [9.17, 15) is 4.79 Å². The van der Waals surface area contributed by atoms with Crippen LogP contribution in [0.2, 0.25) is 0 Å². The number of carbonyl (C=O) groups is 1. The average molecular weight is 440 g/mol. The molecule has 0 atom stereocenters. The molecule has 0 aliphatic rings. The van der Waals surface area contributed by atoms with Crippen LogP contribution in [0, 0.1) is 13.8 Å². The van der Waals surface area contributed by atoms with E-state index in [2.05, 4.69) is 23.4 Å². The van der Waals surface area contributed by atoms with Crippen molar-refractivity contribution in [1.29, 1.82) is 0 Å². The SMILES string of the molecule is CCCCCCCCCCCCCCCCNC(=O)c1ccc(-n2nc(C)cc2C)cc1. The van der Waals surface area contributed by atoms with Crippen molar-refractivity contribution in [3.63, 3.8) is 0 Å². The van der Waals surface area contributed by atoms with Crippen molar-refractivity contribution in [2.45, 2.75) is 111 Å². The standard InChI is InChI=1S/C28H45N3O/c1-4-5-6-7-8-9-10-11-12-13-14-15-16-17-22-29-28(32)26-18-20-27(21-19-26)31-25(3)23-24(2)30-31/h18-21,23H,4-17,22H2,1-3H3,(H,29,32). The Kier molecular flexibility index (Phi) is 12.8. The van der Waals surface area contributed by atoms with E-state index in [1.165, 1.54) is 83.5 Å². The zero-order chi connectivity index (χ0) is 23.0. The molecule has 0 fully saturated rings. The Morgan fingerprint density at radius 1 is 0.781 bits per heavy atom. The van der Waals surface area contributed by atoms with Crippen LogP contribution < -0.4 is 5.32 Å². The molecule has 1 N–H and O–H groups in total. The second-order valence-corrected chi connectivity index (χ2v) is 9.24. The number of nitrogens with zero attached hydrogens (tertiary/aromatic N) is 2. The van der Waals surface area contributed by atoms with E-state index in [0.29, 0.717) is 5.56 Å². The van der Waals surface area contributed by atoms with Gasteiger partial charge in [0.05, 0.1) is 11.4 Å². The Bertz CT molecular complexity index is 763. The molecular formula is C28H45N3O.